The van der Waals surface area contributed by atoms with E-state index in [1.165, 1.54) is 0 Å². The third kappa shape index (κ3) is 5.08. The molecule has 3 aromatic rings. The molecule has 4 rings (SSSR count). The third-order valence-corrected chi connectivity index (χ3v) is 5.57. The molecule has 0 saturated carbocycles. The molecule has 1 saturated heterocycles. The average Bonchev–Trinajstić information content (AvgIpc) is 3.39. The van der Waals surface area contributed by atoms with Crippen LogP contribution in [-0.2, 0) is 4.74 Å². The van der Waals surface area contributed by atoms with Gasteiger partial charge < -0.3 is 24.3 Å². The number of hydrogen-bond donors (Lipinski definition) is 1. The van der Waals surface area contributed by atoms with Gasteiger partial charge in [-0.3, -0.25) is 4.79 Å². The highest BCUT2D eigenvalue weighted by Gasteiger charge is 2.31. The van der Waals surface area contributed by atoms with Crippen LogP contribution in [0.4, 0.5) is 16.3 Å². The van der Waals surface area contributed by atoms with Crippen LogP contribution >= 0.6 is 0 Å². The number of rotatable bonds is 4. The fourth-order valence-corrected chi connectivity index (χ4v) is 3.88. The van der Waals surface area contributed by atoms with Gasteiger partial charge in [0.1, 0.15) is 11.4 Å². The summed E-state index contributed by atoms with van der Waals surface area (Å²) in [5.41, 5.74) is 2.58. The lowest BCUT2D eigenvalue weighted by Crippen LogP contribution is -2.42. The summed E-state index contributed by atoms with van der Waals surface area (Å²) in [5.74, 6) is -0.00188. The largest absolute Gasteiger partial charge is 0.444 e. The number of aromatic nitrogens is 5. The van der Waals surface area contributed by atoms with Gasteiger partial charge >= 0.3 is 6.09 Å². The number of ether oxygens (including phenoxy) is 1. The molecule has 180 valence electrons. The quantitative estimate of drug-likeness (QED) is 0.624. The van der Waals surface area contributed by atoms with Gasteiger partial charge in [-0.15, -0.1) is 0 Å². The number of fused-ring (bicyclic) bond motifs is 1. The van der Waals surface area contributed by atoms with Crippen molar-refractivity contribution >= 4 is 29.2 Å². The molecule has 11 nitrogen and oxygen atoms in total. The van der Waals surface area contributed by atoms with Crippen LogP contribution in [0.2, 0.25) is 0 Å². The molecule has 1 aliphatic heterocycles. The monoisotopic (exact) mass is 466 g/mol. The molecule has 11 heteroatoms. The molecule has 1 aliphatic rings. The van der Waals surface area contributed by atoms with Crippen LogP contribution < -0.4 is 10.2 Å². The number of imidazole rings is 1. The molecular weight excluding hydrogens is 436 g/mol. The van der Waals surface area contributed by atoms with Crippen LogP contribution in [0.25, 0.3) is 5.65 Å². The first-order valence-corrected chi connectivity index (χ1v) is 11.2. The van der Waals surface area contributed by atoms with E-state index >= 15 is 0 Å². The lowest BCUT2D eigenvalue weighted by atomic mass is 10.2. The van der Waals surface area contributed by atoms with E-state index in [2.05, 4.69) is 30.2 Å². The van der Waals surface area contributed by atoms with Crippen LogP contribution in [0, 0.1) is 13.8 Å². The van der Waals surface area contributed by atoms with Gasteiger partial charge in [-0.25, -0.2) is 24.7 Å². The Labute approximate surface area is 198 Å². The maximum Gasteiger partial charge on any atom is 0.410 e. The van der Waals surface area contributed by atoms with E-state index in [9.17, 15) is 9.59 Å². The molecule has 0 bridgehead atoms. The Morgan fingerprint density at radius 3 is 2.53 bits per heavy atom. The number of amides is 2. The van der Waals surface area contributed by atoms with Crippen molar-refractivity contribution in [1.29, 1.82) is 0 Å². The van der Waals surface area contributed by atoms with Crippen molar-refractivity contribution in [3.63, 3.8) is 0 Å². The lowest BCUT2D eigenvalue weighted by molar-refractivity contribution is 0.0237. The number of anilines is 2. The number of carbonyl (C=O) groups is 2. The van der Waals surface area contributed by atoms with Crippen LogP contribution in [0.5, 0.6) is 0 Å². The first-order valence-electron chi connectivity index (χ1n) is 11.2. The number of nitrogens with one attached hydrogen (secondary N) is 1. The molecule has 1 fully saturated rings. The van der Waals surface area contributed by atoms with Gasteiger partial charge in [-0.2, -0.15) is 0 Å². The van der Waals surface area contributed by atoms with E-state index in [1.807, 2.05) is 45.2 Å². The molecule has 1 atom stereocenters. The van der Waals surface area contributed by atoms with Crippen LogP contribution in [0.3, 0.4) is 0 Å². The molecule has 4 heterocycles. The summed E-state index contributed by atoms with van der Waals surface area (Å²) in [6.07, 6.45) is 7.29. The Balaban J connectivity index is 1.38. The van der Waals surface area contributed by atoms with Crippen LogP contribution in [0.1, 0.15) is 49.2 Å². The molecule has 0 unspecified atom stereocenters. The normalized spacial score (nSPS) is 16.1. The van der Waals surface area contributed by atoms with Crippen molar-refractivity contribution in [1.82, 2.24) is 29.2 Å². The average molecular weight is 467 g/mol. The van der Waals surface area contributed by atoms with Crippen molar-refractivity contribution < 1.29 is 14.3 Å². The first kappa shape index (κ1) is 23.4. The zero-order valence-electron chi connectivity index (χ0n) is 20.4. The predicted molar refractivity (Wildman–Crippen MR) is 127 cm³/mol. The van der Waals surface area contributed by atoms with E-state index in [0.29, 0.717) is 18.1 Å². The number of nitrogens with zero attached hydrogens (tertiary/aromatic N) is 7. The van der Waals surface area contributed by atoms with Crippen LogP contribution in [0.15, 0.2) is 24.8 Å². The lowest BCUT2D eigenvalue weighted by Gasteiger charge is -2.28. The Morgan fingerprint density at radius 2 is 1.85 bits per heavy atom. The van der Waals surface area contributed by atoms with Gasteiger partial charge in [0.2, 0.25) is 5.82 Å². The maximum absolute atomic E-state index is 12.7. The summed E-state index contributed by atoms with van der Waals surface area (Å²) in [6, 6.07) is 0.0221. The first-order chi connectivity index (χ1) is 16.0. The number of likely N-dealkylation sites (N-methyl/N-ethyl adjacent to an activating group) is 1. The van der Waals surface area contributed by atoms with Crippen molar-refractivity contribution in [3.05, 3.63) is 42.0 Å². The standard InChI is InChI=1S/C23H30N8O3/c1-14-11-31-13-18(27-15(2)20(31)26-14)28-21(32)19-24-9-17(10-25-19)30-8-7-16(12-30)29(6)22(33)34-23(3,4)5/h9-11,13,16H,7-8,12H2,1-6H3,(H,28,32)/t16-/m1/s1. The molecule has 34 heavy (non-hydrogen) atoms. The molecular formula is C23H30N8O3. The van der Waals surface area contributed by atoms with E-state index in [-0.39, 0.29) is 18.0 Å². The molecule has 0 radical (unpaired) electrons. The minimum atomic E-state index is -0.536. The van der Waals surface area contributed by atoms with E-state index in [4.69, 9.17) is 4.74 Å². The number of aryl methyl sites for hydroxylation is 2. The minimum Gasteiger partial charge on any atom is -0.444 e. The second kappa shape index (κ2) is 8.88. The van der Waals surface area contributed by atoms with E-state index in [1.54, 1.807) is 30.5 Å². The zero-order valence-corrected chi connectivity index (χ0v) is 20.4. The smallest absolute Gasteiger partial charge is 0.410 e. The highest BCUT2D eigenvalue weighted by Crippen LogP contribution is 2.23. The van der Waals surface area contributed by atoms with E-state index < -0.39 is 11.5 Å². The fraction of sp³-hybridized carbons (Fsp3) is 0.478. The highest BCUT2D eigenvalue weighted by atomic mass is 16.6. The summed E-state index contributed by atoms with van der Waals surface area (Å²) in [4.78, 5) is 46.0. The van der Waals surface area contributed by atoms with Gasteiger partial charge in [0.15, 0.2) is 5.65 Å². The topological polar surface area (TPSA) is 118 Å². The van der Waals surface area contributed by atoms with Gasteiger partial charge in [0, 0.05) is 26.3 Å². The number of hydrogen-bond acceptors (Lipinski definition) is 8. The van der Waals surface area contributed by atoms with Gasteiger partial charge in [-0.1, -0.05) is 0 Å². The zero-order chi connectivity index (χ0) is 24.6. The van der Waals surface area contributed by atoms with E-state index in [0.717, 1.165) is 30.0 Å². The summed E-state index contributed by atoms with van der Waals surface area (Å²) in [7, 11) is 1.75. The molecule has 0 aromatic carbocycles. The van der Waals surface area contributed by atoms with Crippen molar-refractivity contribution in [2.45, 2.75) is 52.7 Å². The SMILES string of the molecule is Cc1cn2cc(NC(=O)c3ncc(N4CC[C@@H](N(C)C(=O)OC(C)(C)C)C4)cn3)nc(C)c2n1. The summed E-state index contributed by atoms with van der Waals surface area (Å²) < 4.78 is 7.29. The van der Waals surface area contributed by atoms with Crippen molar-refractivity contribution in [3.8, 4) is 0 Å². The maximum atomic E-state index is 12.7. The van der Waals surface area contributed by atoms with Crippen molar-refractivity contribution in [2.75, 3.05) is 30.4 Å². The Morgan fingerprint density at radius 1 is 1.15 bits per heavy atom. The van der Waals surface area contributed by atoms with Gasteiger partial charge in [0.05, 0.1) is 41.7 Å². The summed E-state index contributed by atoms with van der Waals surface area (Å²) in [6.45, 7) is 10.7. The molecule has 2 amide bonds. The summed E-state index contributed by atoms with van der Waals surface area (Å²) >= 11 is 0. The molecule has 3 aromatic heterocycles. The summed E-state index contributed by atoms with van der Waals surface area (Å²) in [5, 5.41) is 2.75. The minimum absolute atomic E-state index is 0.0221. The molecule has 1 N–H and O–H groups in total. The Kier molecular flexibility index (Phi) is 6.11. The van der Waals surface area contributed by atoms with Gasteiger partial charge in [0.25, 0.3) is 5.91 Å². The highest BCUT2D eigenvalue weighted by molar-refractivity contribution is 6.01. The Bertz CT molecular complexity index is 1220. The fourth-order valence-electron chi connectivity index (χ4n) is 3.88. The predicted octanol–water partition coefficient (Wildman–Crippen LogP) is 2.83. The third-order valence-electron chi connectivity index (χ3n) is 5.57. The molecule has 0 aliphatic carbocycles. The Hall–Kier alpha value is -3.76. The van der Waals surface area contributed by atoms with Crippen molar-refractivity contribution in [2.24, 2.45) is 0 Å². The second-order valence-electron chi connectivity index (χ2n) is 9.52. The number of carbonyl (C=O) groups excluding carboxylic acids is 2. The molecule has 0 spiro atoms. The second-order valence-corrected chi connectivity index (χ2v) is 9.52. The van der Waals surface area contributed by atoms with Crippen LogP contribution in [-0.4, -0.2) is 73.0 Å². The van der Waals surface area contributed by atoms with Gasteiger partial charge in [-0.05, 0) is 41.0 Å².